The van der Waals surface area contributed by atoms with Gasteiger partial charge in [0.25, 0.3) is 0 Å². The van der Waals surface area contributed by atoms with Gasteiger partial charge >= 0.3 is 5.97 Å². The molecule has 0 unspecified atom stereocenters. The maximum atomic E-state index is 11.0. The SMILES string of the molecule is C=CC(=O)NCCC[N+](C)(C)CCCCCCCCCC(=O)O. The van der Waals surface area contributed by atoms with Gasteiger partial charge in [0.15, 0.2) is 0 Å². The zero-order valence-corrected chi connectivity index (χ0v) is 15.0. The first kappa shape index (κ1) is 21.6. The molecule has 0 aromatic rings. The lowest BCUT2D eigenvalue weighted by atomic mass is 10.1. The van der Waals surface area contributed by atoms with E-state index in [1.807, 2.05) is 0 Å². The molecule has 0 radical (unpaired) electrons. The normalized spacial score (nSPS) is 11.2. The quantitative estimate of drug-likeness (QED) is 0.276. The van der Waals surface area contributed by atoms with Gasteiger partial charge in [-0.3, -0.25) is 9.59 Å². The second-order valence-corrected chi connectivity index (χ2v) is 6.85. The smallest absolute Gasteiger partial charge is 0.303 e. The van der Waals surface area contributed by atoms with Crippen molar-refractivity contribution in [3.8, 4) is 0 Å². The molecule has 134 valence electrons. The second kappa shape index (κ2) is 13.1. The lowest BCUT2D eigenvalue weighted by Crippen LogP contribution is -2.42. The molecule has 0 aromatic heterocycles. The molecule has 0 rings (SSSR count). The van der Waals surface area contributed by atoms with Crippen LogP contribution in [0.5, 0.6) is 0 Å². The summed E-state index contributed by atoms with van der Waals surface area (Å²) in [5.74, 6) is -0.785. The number of carbonyl (C=O) groups excluding carboxylic acids is 1. The molecule has 0 aliphatic rings. The standard InChI is InChI=1S/C18H34N2O3/c1-4-17(21)19-14-12-16-20(2,3)15-11-9-7-5-6-8-10-13-18(22)23/h4H,1,5-16H2,2-3H3,(H-,19,21,22,23)/p+1. The number of amides is 1. The van der Waals surface area contributed by atoms with Crippen LogP contribution >= 0.6 is 0 Å². The summed E-state index contributed by atoms with van der Waals surface area (Å²) < 4.78 is 0.989. The van der Waals surface area contributed by atoms with Crippen molar-refractivity contribution in [1.29, 1.82) is 0 Å². The van der Waals surface area contributed by atoms with Crippen LogP contribution in [0, 0.1) is 0 Å². The molecular weight excluding hydrogens is 292 g/mol. The summed E-state index contributed by atoms with van der Waals surface area (Å²) in [4.78, 5) is 21.4. The minimum Gasteiger partial charge on any atom is -0.481 e. The van der Waals surface area contributed by atoms with E-state index in [0.717, 1.165) is 43.3 Å². The minimum atomic E-state index is -0.686. The van der Waals surface area contributed by atoms with Crippen LogP contribution in [0.1, 0.15) is 57.8 Å². The molecule has 1 amide bonds. The third kappa shape index (κ3) is 15.3. The fourth-order valence-electron chi connectivity index (χ4n) is 2.60. The van der Waals surface area contributed by atoms with Crippen LogP contribution in [-0.2, 0) is 9.59 Å². The largest absolute Gasteiger partial charge is 0.481 e. The molecule has 0 saturated heterocycles. The van der Waals surface area contributed by atoms with Crippen LogP contribution in [0.2, 0.25) is 0 Å². The first-order valence-corrected chi connectivity index (χ1v) is 8.81. The number of unbranched alkanes of at least 4 members (excludes halogenated alkanes) is 6. The average Bonchev–Trinajstić information content (AvgIpc) is 2.49. The summed E-state index contributed by atoms with van der Waals surface area (Å²) in [5.41, 5.74) is 0. The number of hydrogen-bond donors (Lipinski definition) is 2. The van der Waals surface area contributed by atoms with Gasteiger partial charge in [0.05, 0.1) is 27.2 Å². The fourth-order valence-corrected chi connectivity index (χ4v) is 2.60. The molecule has 0 spiro atoms. The molecular formula is C18H35N2O3+. The second-order valence-electron chi connectivity index (χ2n) is 6.85. The highest BCUT2D eigenvalue weighted by Crippen LogP contribution is 2.10. The van der Waals surface area contributed by atoms with E-state index in [2.05, 4.69) is 26.0 Å². The predicted molar refractivity (Wildman–Crippen MR) is 94.2 cm³/mol. The number of aliphatic carboxylic acids is 1. The molecule has 0 aromatic carbocycles. The zero-order chi connectivity index (χ0) is 17.6. The highest BCUT2D eigenvalue weighted by Gasteiger charge is 2.13. The number of rotatable bonds is 15. The van der Waals surface area contributed by atoms with Crippen LogP contribution in [0.15, 0.2) is 12.7 Å². The highest BCUT2D eigenvalue weighted by atomic mass is 16.4. The molecule has 23 heavy (non-hydrogen) atoms. The van der Waals surface area contributed by atoms with E-state index in [-0.39, 0.29) is 5.91 Å². The van der Waals surface area contributed by atoms with Crippen LogP contribution < -0.4 is 5.32 Å². The molecule has 2 N–H and O–H groups in total. The Hall–Kier alpha value is -1.36. The number of quaternary nitrogens is 1. The maximum Gasteiger partial charge on any atom is 0.303 e. The van der Waals surface area contributed by atoms with Crippen LogP contribution in [-0.4, -0.2) is 55.2 Å². The minimum absolute atomic E-state index is 0.0985. The number of nitrogens with one attached hydrogen (secondary N) is 1. The summed E-state index contributed by atoms with van der Waals surface area (Å²) in [6.45, 7) is 6.37. The average molecular weight is 327 g/mol. The zero-order valence-electron chi connectivity index (χ0n) is 15.0. The van der Waals surface area contributed by atoms with Crippen molar-refractivity contribution in [2.45, 2.75) is 57.8 Å². The Morgan fingerprint density at radius 2 is 1.48 bits per heavy atom. The van der Waals surface area contributed by atoms with Gasteiger partial charge < -0.3 is 14.9 Å². The van der Waals surface area contributed by atoms with E-state index in [1.165, 1.54) is 31.8 Å². The monoisotopic (exact) mass is 327 g/mol. The van der Waals surface area contributed by atoms with E-state index in [4.69, 9.17) is 5.11 Å². The highest BCUT2D eigenvalue weighted by molar-refractivity contribution is 5.86. The molecule has 5 heteroatoms. The lowest BCUT2D eigenvalue weighted by molar-refractivity contribution is -0.890. The Morgan fingerprint density at radius 1 is 0.957 bits per heavy atom. The van der Waals surface area contributed by atoms with Crippen molar-refractivity contribution >= 4 is 11.9 Å². The molecule has 0 saturated carbocycles. The van der Waals surface area contributed by atoms with Crippen molar-refractivity contribution in [1.82, 2.24) is 5.32 Å². The molecule has 5 nitrogen and oxygen atoms in total. The van der Waals surface area contributed by atoms with Crippen molar-refractivity contribution in [2.75, 3.05) is 33.7 Å². The van der Waals surface area contributed by atoms with Gasteiger partial charge in [-0.1, -0.05) is 32.3 Å². The molecule has 0 aliphatic carbocycles. The number of carboxylic acids is 1. The van der Waals surface area contributed by atoms with E-state index in [9.17, 15) is 9.59 Å². The van der Waals surface area contributed by atoms with Crippen LogP contribution in [0.4, 0.5) is 0 Å². The van der Waals surface area contributed by atoms with E-state index in [0.29, 0.717) is 13.0 Å². The number of hydrogen-bond acceptors (Lipinski definition) is 2. The van der Waals surface area contributed by atoms with Gasteiger partial charge in [-0.15, -0.1) is 0 Å². The van der Waals surface area contributed by atoms with E-state index in [1.54, 1.807) is 0 Å². The van der Waals surface area contributed by atoms with Crippen molar-refractivity contribution in [3.63, 3.8) is 0 Å². The Balaban J connectivity index is 3.46. The van der Waals surface area contributed by atoms with Gasteiger partial charge in [0.2, 0.25) is 5.91 Å². The molecule has 0 fully saturated rings. The molecule has 0 heterocycles. The van der Waals surface area contributed by atoms with Crippen molar-refractivity contribution < 1.29 is 19.2 Å². The summed E-state index contributed by atoms with van der Waals surface area (Å²) in [6, 6.07) is 0. The third-order valence-corrected chi connectivity index (χ3v) is 4.08. The van der Waals surface area contributed by atoms with Crippen LogP contribution in [0.3, 0.4) is 0 Å². The Morgan fingerprint density at radius 3 is 2.04 bits per heavy atom. The van der Waals surface area contributed by atoms with E-state index >= 15 is 0 Å². The Kier molecular flexibility index (Phi) is 12.3. The summed E-state index contributed by atoms with van der Waals surface area (Å²) in [7, 11) is 4.47. The Labute approximate surface area is 141 Å². The van der Waals surface area contributed by atoms with Gasteiger partial charge in [-0.05, 0) is 25.3 Å². The van der Waals surface area contributed by atoms with Gasteiger partial charge in [-0.25, -0.2) is 0 Å². The first-order valence-electron chi connectivity index (χ1n) is 8.81. The lowest BCUT2D eigenvalue weighted by Gasteiger charge is -2.30. The topological polar surface area (TPSA) is 66.4 Å². The molecule has 0 atom stereocenters. The number of carbonyl (C=O) groups is 2. The van der Waals surface area contributed by atoms with Crippen LogP contribution in [0.25, 0.3) is 0 Å². The molecule has 0 aliphatic heterocycles. The van der Waals surface area contributed by atoms with Gasteiger partial charge in [-0.2, -0.15) is 0 Å². The number of carboxylic acid groups (broad SMARTS) is 1. The fraction of sp³-hybridized carbons (Fsp3) is 0.778. The molecule has 0 bridgehead atoms. The van der Waals surface area contributed by atoms with Gasteiger partial charge in [0.1, 0.15) is 0 Å². The third-order valence-electron chi connectivity index (χ3n) is 4.08. The predicted octanol–water partition coefficient (Wildman–Crippen LogP) is 2.96. The van der Waals surface area contributed by atoms with Crippen molar-refractivity contribution in [3.05, 3.63) is 12.7 Å². The van der Waals surface area contributed by atoms with Crippen molar-refractivity contribution in [2.24, 2.45) is 0 Å². The van der Waals surface area contributed by atoms with E-state index < -0.39 is 5.97 Å². The Bertz CT molecular complexity index is 354. The van der Waals surface area contributed by atoms with Gasteiger partial charge in [0, 0.05) is 19.4 Å². The number of nitrogens with zero attached hydrogens (tertiary/aromatic N) is 1. The maximum absolute atomic E-state index is 11.0. The summed E-state index contributed by atoms with van der Waals surface area (Å²) in [6.07, 6.45) is 10.5. The summed E-state index contributed by atoms with van der Waals surface area (Å²) in [5, 5.41) is 11.4. The first-order chi connectivity index (χ1) is 10.9. The summed E-state index contributed by atoms with van der Waals surface area (Å²) >= 11 is 0.